The fourth-order valence-electron chi connectivity index (χ4n) is 7.53. The summed E-state index contributed by atoms with van der Waals surface area (Å²) in [6.45, 7) is 7.81. The molecule has 1 amide bonds. The van der Waals surface area contributed by atoms with Crippen molar-refractivity contribution in [1.82, 2.24) is 0 Å². The van der Waals surface area contributed by atoms with Crippen molar-refractivity contribution in [3.05, 3.63) is 12.4 Å². The van der Waals surface area contributed by atoms with Crippen LogP contribution in [0.25, 0.3) is 0 Å². The Bertz CT molecular complexity index is 743. The van der Waals surface area contributed by atoms with Gasteiger partial charge in [0.1, 0.15) is 6.20 Å². The molecule has 0 saturated carbocycles. The van der Waals surface area contributed by atoms with Crippen molar-refractivity contribution in [2.45, 2.75) is 252 Å². The largest absolute Gasteiger partial charge is 0.324 e. The van der Waals surface area contributed by atoms with Crippen LogP contribution in [0.5, 0.6) is 0 Å². The first-order valence-corrected chi connectivity index (χ1v) is 21.9. The molecule has 0 aromatic carbocycles. The highest BCUT2D eigenvalue weighted by molar-refractivity contribution is 5.90. The van der Waals surface area contributed by atoms with E-state index in [-0.39, 0.29) is 0 Å². The molecule has 0 saturated heterocycles. The van der Waals surface area contributed by atoms with E-state index in [1.54, 1.807) is 0 Å². The number of carbonyl (C=O) groups excluding carboxylic acids is 1. The van der Waals surface area contributed by atoms with Gasteiger partial charge >= 0.3 is 5.91 Å². The zero-order chi connectivity index (χ0) is 33.9. The fraction of sp³-hybridized carbons (Fsp3) is 0.909. The number of amides is 1. The van der Waals surface area contributed by atoms with Crippen molar-refractivity contribution in [3.63, 3.8) is 0 Å². The van der Waals surface area contributed by atoms with Gasteiger partial charge in [-0.15, -0.1) is 0 Å². The summed E-state index contributed by atoms with van der Waals surface area (Å²) in [6, 6.07) is 0. The van der Waals surface area contributed by atoms with Crippen LogP contribution in [-0.2, 0) is 4.79 Å². The summed E-state index contributed by atoms with van der Waals surface area (Å²) in [6.07, 6.45) is 51.8. The summed E-state index contributed by atoms with van der Waals surface area (Å²) in [5, 5.41) is 0. The number of quaternary nitrogens is 1. The summed E-state index contributed by atoms with van der Waals surface area (Å²) in [5.41, 5.74) is 0. The number of nitrogens with zero attached hydrogens (tertiary/aromatic N) is 2. The normalized spacial score (nSPS) is 15.9. The van der Waals surface area contributed by atoms with Gasteiger partial charge < -0.3 is 0 Å². The molecule has 0 spiro atoms. The summed E-state index contributed by atoms with van der Waals surface area (Å²) in [7, 11) is 0. The minimum atomic E-state index is 0.415. The van der Waals surface area contributed by atoms with Crippen LogP contribution >= 0.6 is 0 Å². The molecule has 1 aliphatic heterocycles. The lowest BCUT2D eigenvalue weighted by molar-refractivity contribution is -0.708. The molecule has 0 fully saturated rings. The second kappa shape index (κ2) is 33.5. The van der Waals surface area contributed by atoms with Gasteiger partial charge in [-0.1, -0.05) is 213 Å². The van der Waals surface area contributed by atoms with Crippen LogP contribution < -0.4 is 0 Å². The standard InChI is InChI=1S/C44H85N2O/c1-4-7-10-13-16-19-21-22-23-25-28-31-34-37-41-46(44(47)39-36-33-30-26-18-15-12-9-6-3)42-40-45-43(46)38-35-32-29-27-24-20-17-14-11-8-5-2/h40,42H,4-39,41H2,1-3H3/q+1. The van der Waals surface area contributed by atoms with E-state index >= 15 is 0 Å². The van der Waals surface area contributed by atoms with E-state index in [0.29, 0.717) is 10.4 Å². The van der Waals surface area contributed by atoms with Gasteiger partial charge in [-0.05, 0) is 25.7 Å². The molecule has 1 atom stereocenters. The number of hydrogen-bond acceptors (Lipinski definition) is 2. The van der Waals surface area contributed by atoms with E-state index in [2.05, 4.69) is 27.0 Å². The van der Waals surface area contributed by atoms with Gasteiger partial charge in [0.15, 0.2) is 0 Å². The Morgan fingerprint density at radius 2 is 0.766 bits per heavy atom. The molecule has 3 nitrogen and oxygen atoms in total. The van der Waals surface area contributed by atoms with Gasteiger partial charge in [0.2, 0.25) is 5.84 Å². The van der Waals surface area contributed by atoms with Gasteiger partial charge in [0.05, 0.1) is 19.2 Å². The lowest BCUT2D eigenvalue weighted by Crippen LogP contribution is -2.52. The Hall–Kier alpha value is -0.960. The molecule has 1 rings (SSSR count). The Labute approximate surface area is 296 Å². The zero-order valence-electron chi connectivity index (χ0n) is 32.6. The number of carbonyl (C=O) groups is 1. The number of unbranched alkanes of at least 4 members (excludes halogenated alkanes) is 31. The molecule has 0 aromatic rings. The summed E-state index contributed by atoms with van der Waals surface area (Å²) >= 11 is 0. The average molecular weight is 658 g/mol. The van der Waals surface area contributed by atoms with Gasteiger partial charge in [0.25, 0.3) is 0 Å². The highest BCUT2D eigenvalue weighted by Gasteiger charge is 2.41. The van der Waals surface area contributed by atoms with E-state index in [1.165, 1.54) is 205 Å². The zero-order valence-corrected chi connectivity index (χ0v) is 32.6. The Morgan fingerprint density at radius 1 is 0.447 bits per heavy atom. The van der Waals surface area contributed by atoms with E-state index in [1.807, 2.05) is 6.20 Å². The summed E-state index contributed by atoms with van der Waals surface area (Å²) in [5.74, 6) is 1.56. The van der Waals surface area contributed by atoms with E-state index in [9.17, 15) is 4.79 Å². The molecule has 0 radical (unpaired) electrons. The van der Waals surface area contributed by atoms with E-state index < -0.39 is 0 Å². The van der Waals surface area contributed by atoms with Crippen molar-refractivity contribution in [2.24, 2.45) is 4.99 Å². The van der Waals surface area contributed by atoms with Gasteiger partial charge in [-0.3, -0.25) is 0 Å². The molecule has 1 unspecified atom stereocenters. The molecule has 0 aliphatic carbocycles. The first-order chi connectivity index (χ1) is 23.2. The quantitative estimate of drug-likeness (QED) is 0.0483. The van der Waals surface area contributed by atoms with Crippen LogP contribution in [0.3, 0.4) is 0 Å². The Kier molecular flexibility index (Phi) is 31.4. The van der Waals surface area contributed by atoms with Crippen molar-refractivity contribution in [1.29, 1.82) is 0 Å². The molecule has 1 aliphatic rings. The molecule has 47 heavy (non-hydrogen) atoms. The first-order valence-electron chi connectivity index (χ1n) is 21.9. The van der Waals surface area contributed by atoms with Crippen molar-refractivity contribution < 1.29 is 9.28 Å². The number of aliphatic imine (C=N–C) groups is 1. The lowest BCUT2D eigenvalue weighted by atomic mass is 10.0. The third-order valence-corrected chi connectivity index (χ3v) is 10.8. The SMILES string of the molecule is CCCCCCCCCCCCCCCC[N+]1(C(=O)CCCCCCCCCCC)C=CN=C1CCCCCCCCCCCCC. The van der Waals surface area contributed by atoms with Gasteiger partial charge in [-0.2, -0.15) is 4.48 Å². The third-order valence-electron chi connectivity index (χ3n) is 10.8. The van der Waals surface area contributed by atoms with Crippen molar-refractivity contribution >= 4 is 11.7 Å². The molecule has 276 valence electrons. The summed E-state index contributed by atoms with van der Waals surface area (Å²) < 4.78 is 0.451. The van der Waals surface area contributed by atoms with Crippen molar-refractivity contribution in [3.8, 4) is 0 Å². The van der Waals surface area contributed by atoms with Crippen LogP contribution in [-0.4, -0.2) is 22.8 Å². The maximum Gasteiger partial charge on any atom is 0.324 e. The average Bonchev–Trinajstić information content (AvgIpc) is 3.50. The van der Waals surface area contributed by atoms with Crippen LogP contribution in [0.2, 0.25) is 0 Å². The predicted molar refractivity (Wildman–Crippen MR) is 210 cm³/mol. The van der Waals surface area contributed by atoms with Crippen LogP contribution in [0.15, 0.2) is 17.4 Å². The third kappa shape index (κ3) is 23.9. The molecular formula is C44H85N2O+. The molecular weight excluding hydrogens is 572 g/mol. The maximum absolute atomic E-state index is 13.9. The predicted octanol–water partition coefficient (Wildman–Crippen LogP) is 15.3. The number of hydrogen-bond donors (Lipinski definition) is 0. The van der Waals surface area contributed by atoms with E-state index in [0.717, 1.165) is 38.1 Å². The highest BCUT2D eigenvalue weighted by Crippen LogP contribution is 2.26. The first kappa shape index (κ1) is 44.1. The molecule has 0 N–H and O–H groups in total. The molecule has 0 bridgehead atoms. The summed E-state index contributed by atoms with van der Waals surface area (Å²) in [4.78, 5) is 18.7. The smallest absolute Gasteiger partial charge is 0.230 e. The monoisotopic (exact) mass is 658 g/mol. The number of amidine groups is 1. The van der Waals surface area contributed by atoms with E-state index in [4.69, 9.17) is 4.99 Å². The van der Waals surface area contributed by atoms with Crippen LogP contribution in [0.4, 0.5) is 0 Å². The lowest BCUT2D eigenvalue weighted by Gasteiger charge is -2.30. The Morgan fingerprint density at radius 3 is 1.15 bits per heavy atom. The molecule has 0 aromatic heterocycles. The molecule has 3 heteroatoms. The fourth-order valence-corrected chi connectivity index (χ4v) is 7.53. The van der Waals surface area contributed by atoms with Crippen molar-refractivity contribution in [2.75, 3.05) is 6.54 Å². The second-order valence-electron chi connectivity index (χ2n) is 15.3. The highest BCUT2D eigenvalue weighted by atomic mass is 16.2. The Balaban J connectivity index is 2.38. The minimum absolute atomic E-state index is 0.415. The van der Waals surface area contributed by atoms with Crippen LogP contribution in [0, 0.1) is 0 Å². The second-order valence-corrected chi connectivity index (χ2v) is 15.3. The number of rotatable bonds is 37. The van der Waals surface area contributed by atoms with Crippen LogP contribution in [0.1, 0.15) is 252 Å². The topological polar surface area (TPSA) is 29.4 Å². The van der Waals surface area contributed by atoms with Gasteiger partial charge in [-0.25, -0.2) is 9.79 Å². The molecule has 1 heterocycles. The minimum Gasteiger partial charge on any atom is -0.230 e. The van der Waals surface area contributed by atoms with Gasteiger partial charge in [0, 0.05) is 6.42 Å². The maximum atomic E-state index is 13.9.